The molecule has 9 heteroatoms. The van der Waals surface area contributed by atoms with Gasteiger partial charge in [-0.15, -0.1) is 0 Å². The summed E-state index contributed by atoms with van der Waals surface area (Å²) in [5.74, 6) is 1.10. The molecule has 2 aromatic carbocycles. The van der Waals surface area contributed by atoms with Crippen LogP contribution in [0.4, 0.5) is 0 Å². The minimum atomic E-state index is -3.53. The van der Waals surface area contributed by atoms with Crippen molar-refractivity contribution in [3.8, 4) is 17.1 Å². The van der Waals surface area contributed by atoms with E-state index in [1.807, 2.05) is 19.1 Å². The summed E-state index contributed by atoms with van der Waals surface area (Å²) in [5, 5.41) is 0. The Bertz CT molecular complexity index is 1380. The van der Waals surface area contributed by atoms with Crippen LogP contribution in [0.1, 0.15) is 32.1 Å². The number of cyclic esters (lactones) is 1. The third-order valence-electron chi connectivity index (χ3n) is 5.43. The predicted molar refractivity (Wildman–Crippen MR) is 132 cm³/mol. The van der Waals surface area contributed by atoms with Crippen LogP contribution in [-0.4, -0.2) is 44.3 Å². The molecule has 0 radical (unpaired) electrons. The molecule has 35 heavy (non-hydrogen) atoms. The number of benzene rings is 2. The predicted octanol–water partition coefficient (Wildman–Crippen LogP) is 4.72. The molecule has 0 saturated heterocycles. The average molecular weight is 495 g/mol. The fraction of sp³-hybridized carbons (Fsp3) is 0.231. The van der Waals surface area contributed by atoms with Gasteiger partial charge in [0.15, 0.2) is 5.70 Å². The van der Waals surface area contributed by atoms with Crippen molar-refractivity contribution in [1.29, 1.82) is 0 Å². The summed E-state index contributed by atoms with van der Waals surface area (Å²) in [6.07, 6.45) is 1.50. The van der Waals surface area contributed by atoms with E-state index in [9.17, 15) is 13.2 Å². The smallest absolute Gasteiger partial charge is 0.363 e. The standard InChI is InChI=1S/C26H26N2O6S/c1-4-28(5-2)35(30,31)20-14-11-18(12-15-20)23-16-13-19(33-23)17-22-26(29)34-25(27-22)21-9-7-8-10-24(21)32-6-3/h7-17H,4-6H2,1-3H3. The quantitative estimate of drug-likeness (QED) is 0.315. The van der Waals surface area contributed by atoms with Gasteiger partial charge >= 0.3 is 5.97 Å². The molecule has 0 atom stereocenters. The minimum absolute atomic E-state index is 0.105. The lowest BCUT2D eigenvalue weighted by molar-refractivity contribution is -0.129. The monoisotopic (exact) mass is 494 g/mol. The van der Waals surface area contributed by atoms with Crippen molar-refractivity contribution in [1.82, 2.24) is 4.31 Å². The molecular formula is C26H26N2O6S. The second kappa shape index (κ2) is 10.3. The van der Waals surface area contributed by atoms with Gasteiger partial charge in [0.1, 0.15) is 17.3 Å². The second-order valence-electron chi connectivity index (χ2n) is 7.58. The molecule has 0 saturated carbocycles. The number of furan rings is 1. The average Bonchev–Trinajstić information content (AvgIpc) is 3.47. The first kappa shape index (κ1) is 24.4. The van der Waals surface area contributed by atoms with E-state index >= 15 is 0 Å². The maximum Gasteiger partial charge on any atom is 0.363 e. The number of carbonyl (C=O) groups excluding carboxylic acids is 1. The first-order valence-electron chi connectivity index (χ1n) is 11.3. The molecule has 1 aliphatic rings. The van der Waals surface area contributed by atoms with Gasteiger partial charge in [0.2, 0.25) is 15.9 Å². The highest BCUT2D eigenvalue weighted by Crippen LogP contribution is 2.28. The molecule has 0 aliphatic carbocycles. The number of ether oxygens (including phenoxy) is 2. The highest BCUT2D eigenvalue weighted by atomic mass is 32.2. The van der Waals surface area contributed by atoms with Crippen LogP contribution in [-0.2, 0) is 19.6 Å². The number of carbonyl (C=O) groups is 1. The van der Waals surface area contributed by atoms with Crippen LogP contribution in [0.15, 0.2) is 80.7 Å². The number of sulfonamides is 1. The van der Waals surface area contributed by atoms with Gasteiger partial charge in [-0.3, -0.25) is 0 Å². The van der Waals surface area contributed by atoms with E-state index in [1.54, 1.807) is 62.4 Å². The van der Waals surface area contributed by atoms with E-state index in [0.29, 0.717) is 48.1 Å². The summed E-state index contributed by atoms with van der Waals surface area (Å²) in [6.45, 7) is 6.76. The molecule has 182 valence electrons. The van der Waals surface area contributed by atoms with Crippen LogP contribution in [0.5, 0.6) is 5.75 Å². The SMILES string of the molecule is CCOc1ccccc1C1=NC(=Cc2ccc(-c3ccc(S(=O)(=O)N(CC)CC)cc3)o2)C(=O)O1. The van der Waals surface area contributed by atoms with Crippen LogP contribution in [0.25, 0.3) is 17.4 Å². The van der Waals surface area contributed by atoms with Crippen molar-refractivity contribution in [2.24, 2.45) is 4.99 Å². The number of nitrogens with zero attached hydrogens (tertiary/aromatic N) is 2. The minimum Gasteiger partial charge on any atom is -0.493 e. The van der Waals surface area contributed by atoms with Gasteiger partial charge < -0.3 is 13.9 Å². The Morgan fingerprint density at radius 1 is 0.971 bits per heavy atom. The Morgan fingerprint density at radius 2 is 1.69 bits per heavy atom. The van der Waals surface area contributed by atoms with E-state index in [1.165, 1.54) is 10.4 Å². The first-order chi connectivity index (χ1) is 16.9. The molecule has 2 heterocycles. The van der Waals surface area contributed by atoms with Gasteiger partial charge in [-0.05, 0) is 55.5 Å². The van der Waals surface area contributed by atoms with E-state index in [-0.39, 0.29) is 16.5 Å². The Hall–Kier alpha value is -3.69. The Labute approximate surface area is 204 Å². The third kappa shape index (κ3) is 5.06. The lowest BCUT2D eigenvalue weighted by atomic mass is 10.2. The second-order valence-corrected chi connectivity index (χ2v) is 9.52. The fourth-order valence-electron chi connectivity index (χ4n) is 3.67. The van der Waals surface area contributed by atoms with Crippen molar-refractivity contribution >= 4 is 28.0 Å². The largest absolute Gasteiger partial charge is 0.493 e. The third-order valence-corrected chi connectivity index (χ3v) is 7.49. The molecular weight excluding hydrogens is 468 g/mol. The van der Waals surface area contributed by atoms with Gasteiger partial charge in [0.25, 0.3) is 0 Å². The summed E-state index contributed by atoms with van der Waals surface area (Å²) in [6, 6.07) is 17.2. The van der Waals surface area contributed by atoms with E-state index < -0.39 is 16.0 Å². The number of aliphatic imine (C=N–C) groups is 1. The number of hydrogen-bond acceptors (Lipinski definition) is 7. The van der Waals surface area contributed by atoms with Gasteiger partial charge in [-0.25, -0.2) is 18.2 Å². The highest BCUT2D eigenvalue weighted by Gasteiger charge is 2.27. The Morgan fingerprint density at radius 3 is 2.37 bits per heavy atom. The molecule has 1 aromatic heterocycles. The van der Waals surface area contributed by atoms with E-state index in [0.717, 1.165) is 0 Å². The van der Waals surface area contributed by atoms with Crippen molar-refractivity contribution in [2.45, 2.75) is 25.7 Å². The van der Waals surface area contributed by atoms with Crippen LogP contribution in [0.2, 0.25) is 0 Å². The first-order valence-corrected chi connectivity index (χ1v) is 12.8. The summed E-state index contributed by atoms with van der Waals surface area (Å²) in [5.41, 5.74) is 1.40. The molecule has 8 nitrogen and oxygen atoms in total. The molecule has 1 aliphatic heterocycles. The lowest BCUT2D eigenvalue weighted by Crippen LogP contribution is -2.30. The number of esters is 1. The van der Waals surface area contributed by atoms with Gasteiger partial charge in [0.05, 0.1) is 17.1 Å². The summed E-state index contributed by atoms with van der Waals surface area (Å²) < 4.78 is 43.6. The van der Waals surface area contributed by atoms with Crippen molar-refractivity contribution < 1.29 is 27.1 Å². The summed E-state index contributed by atoms with van der Waals surface area (Å²) in [4.78, 5) is 16.9. The lowest BCUT2D eigenvalue weighted by Gasteiger charge is -2.18. The van der Waals surface area contributed by atoms with Crippen molar-refractivity contribution in [3.05, 3.63) is 77.7 Å². The molecule has 0 amide bonds. The molecule has 0 bridgehead atoms. The van der Waals surface area contributed by atoms with Crippen LogP contribution >= 0.6 is 0 Å². The van der Waals surface area contributed by atoms with Crippen molar-refractivity contribution in [3.63, 3.8) is 0 Å². The number of para-hydroxylation sites is 1. The van der Waals surface area contributed by atoms with E-state index in [2.05, 4.69) is 4.99 Å². The fourth-order valence-corrected chi connectivity index (χ4v) is 5.13. The molecule has 0 spiro atoms. The number of hydrogen-bond donors (Lipinski definition) is 0. The maximum atomic E-state index is 12.7. The highest BCUT2D eigenvalue weighted by molar-refractivity contribution is 7.89. The summed E-state index contributed by atoms with van der Waals surface area (Å²) >= 11 is 0. The van der Waals surface area contributed by atoms with Crippen molar-refractivity contribution in [2.75, 3.05) is 19.7 Å². The normalized spacial score (nSPS) is 14.9. The van der Waals surface area contributed by atoms with Gasteiger partial charge in [-0.1, -0.05) is 26.0 Å². The molecule has 4 rings (SSSR count). The van der Waals surface area contributed by atoms with E-state index in [4.69, 9.17) is 13.9 Å². The van der Waals surface area contributed by atoms with Gasteiger partial charge in [-0.2, -0.15) is 4.31 Å². The molecule has 0 fully saturated rings. The zero-order valence-corrected chi connectivity index (χ0v) is 20.5. The van der Waals surface area contributed by atoms with Gasteiger partial charge in [0, 0.05) is 24.7 Å². The maximum absolute atomic E-state index is 12.7. The van der Waals surface area contributed by atoms with Crippen LogP contribution in [0, 0.1) is 0 Å². The Balaban J connectivity index is 1.56. The zero-order valence-electron chi connectivity index (χ0n) is 19.7. The topological polar surface area (TPSA) is 98.4 Å². The molecule has 0 unspecified atom stereocenters. The Kier molecular flexibility index (Phi) is 7.18. The zero-order chi connectivity index (χ0) is 25.0. The number of rotatable bonds is 9. The molecule has 3 aromatic rings. The summed E-state index contributed by atoms with van der Waals surface area (Å²) in [7, 11) is -3.53. The van der Waals surface area contributed by atoms with Crippen LogP contribution < -0.4 is 4.74 Å². The molecule has 0 N–H and O–H groups in total. The van der Waals surface area contributed by atoms with Crippen LogP contribution in [0.3, 0.4) is 0 Å².